The molecule has 2 aromatic rings. The second kappa shape index (κ2) is 7.43. The predicted molar refractivity (Wildman–Crippen MR) is 105 cm³/mol. The molecule has 1 aliphatic rings. The van der Waals surface area contributed by atoms with Gasteiger partial charge in [0.15, 0.2) is 5.82 Å². The molecule has 1 saturated heterocycles. The number of hydrogen-bond acceptors (Lipinski definition) is 6. The minimum atomic E-state index is -1.46. The summed E-state index contributed by atoms with van der Waals surface area (Å²) >= 11 is 0. The van der Waals surface area contributed by atoms with Gasteiger partial charge in [-0.3, -0.25) is 4.79 Å². The van der Waals surface area contributed by atoms with E-state index >= 15 is 4.39 Å². The number of halogens is 2. The van der Waals surface area contributed by atoms with Gasteiger partial charge in [0.1, 0.15) is 24.2 Å². The van der Waals surface area contributed by atoms with Crippen molar-refractivity contribution in [1.82, 2.24) is 4.57 Å². The number of benzene rings is 1. The zero-order valence-electron chi connectivity index (χ0n) is 16.3. The van der Waals surface area contributed by atoms with Crippen LogP contribution in [0.2, 0.25) is 0 Å². The fraction of sp³-hybridized carbons (Fsp3) is 0.421. The average Bonchev–Trinajstić information content (AvgIpc) is 2.99. The summed E-state index contributed by atoms with van der Waals surface area (Å²) in [4.78, 5) is 30.1. The maximum Gasteiger partial charge on any atom is 0.341 e. The van der Waals surface area contributed by atoms with Crippen molar-refractivity contribution in [3.05, 3.63) is 39.7 Å². The maximum absolute atomic E-state index is 15.5. The van der Waals surface area contributed by atoms with Crippen LogP contribution in [-0.2, 0) is 11.4 Å². The molecule has 3 rings (SSSR count). The van der Waals surface area contributed by atoms with E-state index in [1.54, 1.807) is 6.92 Å². The molecule has 2 heterocycles. The molecule has 1 aliphatic heterocycles. The van der Waals surface area contributed by atoms with Gasteiger partial charge in [0, 0.05) is 31.2 Å². The normalized spacial score (nSPS) is 20.6. The van der Waals surface area contributed by atoms with Crippen molar-refractivity contribution >= 4 is 28.3 Å². The van der Waals surface area contributed by atoms with E-state index in [4.69, 9.17) is 10.6 Å². The van der Waals surface area contributed by atoms with Gasteiger partial charge in [-0.1, -0.05) is 12.1 Å². The van der Waals surface area contributed by atoms with Crippen LogP contribution in [0.15, 0.2) is 22.2 Å². The van der Waals surface area contributed by atoms with Crippen LogP contribution in [0.25, 0.3) is 10.9 Å². The van der Waals surface area contributed by atoms with Gasteiger partial charge < -0.3 is 25.1 Å². The minimum Gasteiger partial charge on any atom is -0.477 e. The summed E-state index contributed by atoms with van der Waals surface area (Å²) in [5.41, 5.74) is 3.83. The monoisotopic (exact) mass is 408 g/mol. The third kappa shape index (κ3) is 3.23. The van der Waals surface area contributed by atoms with Crippen LogP contribution in [0.3, 0.4) is 0 Å². The third-order valence-electron chi connectivity index (χ3n) is 5.35. The maximum atomic E-state index is 15.5. The number of hydrogen-bond donors (Lipinski definition) is 2. The highest BCUT2D eigenvalue weighted by molar-refractivity contribution is 5.98. The van der Waals surface area contributed by atoms with Crippen molar-refractivity contribution in [2.24, 2.45) is 16.3 Å². The number of aryl methyl sites for hydroxylation is 1. The first kappa shape index (κ1) is 20.7. The van der Waals surface area contributed by atoms with Crippen LogP contribution in [-0.4, -0.2) is 48.1 Å². The van der Waals surface area contributed by atoms with Gasteiger partial charge in [0.05, 0.1) is 23.2 Å². The number of oxime groups is 1. The van der Waals surface area contributed by atoms with Crippen molar-refractivity contribution in [2.45, 2.75) is 20.4 Å². The zero-order chi connectivity index (χ0) is 21.5. The summed E-state index contributed by atoms with van der Waals surface area (Å²) in [6, 6.07) is 0.889. The fourth-order valence-corrected chi connectivity index (χ4v) is 3.70. The van der Waals surface area contributed by atoms with E-state index in [0.29, 0.717) is 5.71 Å². The van der Waals surface area contributed by atoms with Gasteiger partial charge in [-0.25, -0.2) is 13.6 Å². The lowest BCUT2D eigenvalue weighted by Crippen LogP contribution is -2.36. The van der Waals surface area contributed by atoms with Crippen molar-refractivity contribution in [3.8, 4) is 0 Å². The first-order valence-electron chi connectivity index (χ1n) is 9.02. The molecule has 1 aromatic heterocycles. The quantitative estimate of drug-likeness (QED) is 0.730. The van der Waals surface area contributed by atoms with Gasteiger partial charge >= 0.3 is 5.97 Å². The Balaban J connectivity index is 2.26. The number of carbonyl (C=O) groups is 1. The second-order valence-corrected chi connectivity index (χ2v) is 7.22. The molecule has 1 unspecified atom stereocenters. The zero-order valence-corrected chi connectivity index (χ0v) is 16.3. The number of nitrogens with zero attached hydrogens (tertiary/aromatic N) is 3. The largest absolute Gasteiger partial charge is 0.477 e. The number of aromatic nitrogens is 1. The van der Waals surface area contributed by atoms with Crippen LogP contribution in [0, 0.1) is 17.0 Å². The second-order valence-electron chi connectivity index (χ2n) is 7.22. The smallest absolute Gasteiger partial charge is 0.341 e. The summed E-state index contributed by atoms with van der Waals surface area (Å²) in [6.07, 6.45) is 1.07. The van der Waals surface area contributed by atoms with E-state index in [1.807, 2.05) is 6.92 Å². The molecule has 0 saturated carbocycles. The first-order valence-corrected chi connectivity index (χ1v) is 9.02. The Labute approximate surface area is 165 Å². The highest BCUT2D eigenvalue weighted by Gasteiger charge is 2.42. The summed E-state index contributed by atoms with van der Waals surface area (Å²) in [7, 11) is 1.38. The molecule has 1 atom stereocenters. The molecular weight excluding hydrogens is 386 g/mol. The molecule has 8 nitrogen and oxygen atoms in total. The van der Waals surface area contributed by atoms with E-state index < -0.39 is 34.0 Å². The number of aromatic carboxylic acids is 1. The number of fused-ring (bicyclic) bond motifs is 1. The molecule has 3 N–H and O–H groups in total. The van der Waals surface area contributed by atoms with E-state index in [-0.39, 0.29) is 42.8 Å². The van der Waals surface area contributed by atoms with Gasteiger partial charge in [-0.2, -0.15) is 0 Å². The van der Waals surface area contributed by atoms with E-state index in [0.717, 1.165) is 12.3 Å². The summed E-state index contributed by atoms with van der Waals surface area (Å²) < 4.78 is 31.8. The number of carboxylic acid groups (broad SMARTS) is 1. The Morgan fingerprint density at radius 1 is 1.45 bits per heavy atom. The molecular formula is C19H22F2N4O4. The lowest BCUT2D eigenvalue weighted by Gasteiger charge is -2.24. The number of rotatable bonds is 5. The Morgan fingerprint density at radius 2 is 2.14 bits per heavy atom. The highest BCUT2D eigenvalue weighted by atomic mass is 19.1. The molecule has 0 spiro atoms. The molecule has 0 aliphatic carbocycles. The topological polar surface area (TPSA) is 110 Å². The minimum absolute atomic E-state index is 0.102. The van der Waals surface area contributed by atoms with Gasteiger partial charge in [-0.15, -0.1) is 0 Å². The van der Waals surface area contributed by atoms with Crippen molar-refractivity contribution < 1.29 is 23.5 Å². The Hall–Kier alpha value is -3.01. The van der Waals surface area contributed by atoms with E-state index in [9.17, 15) is 19.1 Å². The van der Waals surface area contributed by atoms with Crippen molar-refractivity contribution in [3.63, 3.8) is 0 Å². The van der Waals surface area contributed by atoms with Gasteiger partial charge in [0.2, 0.25) is 5.43 Å². The standard InChI is InChI=1S/C19H22F2N4O4/c1-4-24-6-11(18(27)28)17(26)10-5-12(20)16(14(21)15(10)24)25-7-13(23-29-3)19(2,8-22)9-25/h5-6H,4,7-9,22H2,1-3H3,(H,27,28). The van der Waals surface area contributed by atoms with Crippen LogP contribution in [0.4, 0.5) is 14.5 Å². The molecule has 0 amide bonds. The third-order valence-corrected chi connectivity index (χ3v) is 5.35. The number of anilines is 1. The fourth-order valence-electron chi connectivity index (χ4n) is 3.70. The van der Waals surface area contributed by atoms with Crippen LogP contribution < -0.4 is 16.1 Å². The first-order chi connectivity index (χ1) is 13.7. The van der Waals surface area contributed by atoms with E-state index in [2.05, 4.69) is 5.16 Å². The summed E-state index contributed by atoms with van der Waals surface area (Å²) in [5.74, 6) is -3.35. The van der Waals surface area contributed by atoms with Gasteiger partial charge in [0.25, 0.3) is 0 Å². The van der Waals surface area contributed by atoms with Crippen LogP contribution in [0.1, 0.15) is 24.2 Å². The molecule has 0 radical (unpaired) electrons. The Bertz CT molecular complexity index is 1080. The summed E-state index contributed by atoms with van der Waals surface area (Å²) in [5, 5.41) is 12.9. The highest BCUT2D eigenvalue weighted by Crippen LogP contribution is 2.36. The average molecular weight is 408 g/mol. The number of nitrogens with two attached hydrogens (primary N) is 1. The molecule has 0 bridgehead atoms. The van der Waals surface area contributed by atoms with Crippen molar-refractivity contribution in [2.75, 3.05) is 31.6 Å². The predicted octanol–water partition coefficient (Wildman–Crippen LogP) is 1.79. The van der Waals surface area contributed by atoms with Crippen LogP contribution in [0.5, 0.6) is 0 Å². The number of carboxylic acids is 1. The van der Waals surface area contributed by atoms with Gasteiger partial charge in [-0.05, 0) is 13.0 Å². The molecule has 10 heteroatoms. The molecule has 156 valence electrons. The molecule has 1 fully saturated rings. The SMILES string of the molecule is CCn1cc(C(=O)O)c(=O)c2cc(F)c(N3CC(=NOC)C(C)(CN)C3)c(F)c21. The Morgan fingerprint density at radius 3 is 2.69 bits per heavy atom. The van der Waals surface area contributed by atoms with Crippen LogP contribution >= 0.6 is 0 Å². The lowest BCUT2D eigenvalue weighted by molar-refractivity contribution is 0.0695. The lowest BCUT2D eigenvalue weighted by atomic mass is 9.88. The summed E-state index contributed by atoms with van der Waals surface area (Å²) in [6.45, 7) is 4.19. The number of pyridine rings is 1. The van der Waals surface area contributed by atoms with Crippen molar-refractivity contribution in [1.29, 1.82) is 0 Å². The molecule has 1 aromatic carbocycles. The Kier molecular flexibility index (Phi) is 5.31. The molecule has 29 heavy (non-hydrogen) atoms. The van der Waals surface area contributed by atoms with E-state index in [1.165, 1.54) is 16.6 Å².